The van der Waals surface area contributed by atoms with Gasteiger partial charge in [0.25, 0.3) is 0 Å². The van der Waals surface area contributed by atoms with Crippen LogP contribution in [0.2, 0.25) is 0 Å². The average molecular weight is 406 g/mol. The smallest absolute Gasteiger partial charge is 0.0771 e. The molecule has 2 heterocycles. The zero-order valence-corrected chi connectivity index (χ0v) is 14.6. The van der Waals surface area contributed by atoms with E-state index in [1.54, 1.807) is 22.7 Å². The van der Waals surface area contributed by atoms with Crippen LogP contribution in [0.25, 0.3) is 0 Å². The SMILES string of the molecule is C/C(=N\N=C(/C)c1ccc(Br)s1)c1ccc(Br)s1. The van der Waals surface area contributed by atoms with Crippen LogP contribution in [-0.4, -0.2) is 11.4 Å². The molecule has 0 N–H and O–H groups in total. The molecule has 2 aromatic rings. The summed E-state index contributed by atoms with van der Waals surface area (Å²) in [6.07, 6.45) is 0. The Morgan fingerprint density at radius 2 is 1.22 bits per heavy atom. The lowest BCUT2D eigenvalue weighted by Gasteiger charge is -1.94. The van der Waals surface area contributed by atoms with Gasteiger partial charge in [0.2, 0.25) is 0 Å². The molecular weight excluding hydrogens is 396 g/mol. The summed E-state index contributed by atoms with van der Waals surface area (Å²) in [7, 11) is 0. The summed E-state index contributed by atoms with van der Waals surface area (Å²) in [4.78, 5) is 2.26. The van der Waals surface area contributed by atoms with Gasteiger partial charge in [-0.25, -0.2) is 0 Å². The van der Waals surface area contributed by atoms with Crippen molar-refractivity contribution >= 4 is 66.0 Å². The minimum absolute atomic E-state index is 0.931. The second-order valence-electron chi connectivity index (χ2n) is 3.58. The molecule has 2 rings (SSSR count). The van der Waals surface area contributed by atoms with Crippen molar-refractivity contribution in [3.05, 3.63) is 41.6 Å². The van der Waals surface area contributed by atoms with E-state index in [0.29, 0.717) is 0 Å². The number of halogens is 2. The van der Waals surface area contributed by atoms with Gasteiger partial charge in [-0.05, 0) is 70.0 Å². The first-order valence-corrected chi connectivity index (χ1v) is 8.38. The highest BCUT2D eigenvalue weighted by molar-refractivity contribution is 9.11. The molecule has 0 aliphatic rings. The third-order valence-corrected chi connectivity index (χ3v) is 5.67. The van der Waals surface area contributed by atoms with Crippen LogP contribution in [-0.2, 0) is 0 Å². The Labute approximate surface area is 131 Å². The standard InChI is InChI=1S/C12H10Br2N2S2/c1-7(9-3-5-11(13)17-9)15-16-8(2)10-4-6-12(14)18-10/h3-6H,1-2H3/b15-7+,16-8+. The van der Waals surface area contributed by atoms with Crippen molar-refractivity contribution < 1.29 is 0 Å². The molecule has 0 saturated heterocycles. The van der Waals surface area contributed by atoms with Crippen molar-refractivity contribution in [2.75, 3.05) is 0 Å². The third kappa shape index (κ3) is 3.60. The van der Waals surface area contributed by atoms with E-state index in [2.05, 4.69) is 42.1 Å². The fourth-order valence-electron chi connectivity index (χ4n) is 1.27. The number of hydrogen-bond acceptors (Lipinski definition) is 4. The molecule has 0 fully saturated rings. The number of nitrogens with zero attached hydrogens (tertiary/aromatic N) is 2. The summed E-state index contributed by atoms with van der Waals surface area (Å²) in [5, 5.41) is 8.56. The van der Waals surface area contributed by atoms with Gasteiger partial charge in [0, 0.05) is 0 Å². The second kappa shape index (κ2) is 6.23. The molecule has 2 nitrogen and oxygen atoms in total. The molecule has 0 bridgehead atoms. The lowest BCUT2D eigenvalue weighted by Crippen LogP contribution is -1.92. The normalized spacial score (nSPS) is 13.1. The van der Waals surface area contributed by atoms with Gasteiger partial charge in [-0.3, -0.25) is 0 Å². The van der Waals surface area contributed by atoms with Crippen LogP contribution in [0, 0.1) is 0 Å². The van der Waals surface area contributed by atoms with Crippen LogP contribution in [0.4, 0.5) is 0 Å². The lowest BCUT2D eigenvalue weighted by molar-refractivity contribution is 1.22. The first-order chi connectivity index (χ1) is 8.56. The van der Waals surface area contributed by atoms with Crippen LogP contribution < -0.4 is 0 Å². The molecule has 0 unspecified atom stereocenters. The van der Waals surface area contributed by atoms with Crippen LogP contribution in [0.5, 0.6) is 0 Å². The van der Waals surface area contributed by atoms with Gasteiger partial charge in [-0.2, -0.15) is 10.2 Å². The van der Waals surface area contributed by atoms with E-state index in [1.807, 2.05) is 38.1 Å². The minimum Gasteiger partial charge on any atom is -0.154 e. The van der Waals surface area contributed by atoms with Gasteiger partial charge >= 0.3 is 0 Å². The maximum atomic E-state index is 4.28. The maximum Gasteiger partial charge on any atom is 0.0771 e. The lowest BCUT2D eigenvalue weighted by atomic mass is 10.3. The molecule has 94 valence electrons. The molecule has 0 aliphatic carbocycles. The van der Waals surface area contributed by atoms with Gasteiger partial charge in [-0.15, -0.1) is 22.7 Å². The Hall–Kier alpha value is -0.300. The highest BCUT2D eigenvalue weighted by Crippen LogP contribution is 2.24. The van der Waals surface area contributed by atoms with Gasteiger partial charge in [0.05, 0.1) is 28.8 Å². The summed E-state index contributed by atoms with van der Waals surface area (Å²) in [6, 6.07) is 8.12. The first kappa shape index (κ1) is 14.1. The molecule has 0 radical (unpaired) electrons. The second-order valence-corrected chi connectivity index (χ2v) is 8.50. The van der Waals surface area contributed by atoms with Crippen molar-refractivity contribution in [2.45, 2.75) is 13.8 Å². The van der Waals surface area contributed by atoms with Gasteiger partial charge in [-0.1, -0.05) is 0 Å². The minimum atomic E-state index is 0.931. The molecular formula is C12H10Br2N2S2. The average Bonchev–Trinajstić information content (AvgIpc) is 2.94. The number of thiophene rings is 2. The predicted molar refractivity (Wildman–Crippen MR) is 88.5 cm³/mol. The van der Waals surface area contributed by atoms with E-state index < -0.39 is 0 Å². The Kier molecular flexibility index (Phi) is 4.89. The molecule has 0 amide bonds. The molecule has 2 aromatic heterocycles. The Bertz CT molecular complexity index is 557. The molecule has 0 saturated carbocycles. The Balaban J connectivity index is 2.18. The monoisotopic (exact) mass is 404 g/mol. The molecule has 6 heteroatoms. The quantitative estimate of drug-likeness (QED) is 0.471. The molecule has 0 aliphatic heterocycles. The number of hydrogen-bond donors (Lipinski definition) is 0. The molecule has 0 atom stereocenters. The number of rotatable bonds is 3. The summed E-state index contributed by atoms with van der Waals surface area (Å²) in [6.45, 7) is 3.94. The van der Waals surface area contributed by atoms with Crippen molar-refractivity contribution in [3.8, 4) is 0 Å². The maximum absolute atomic E-state index is 4.28. The van der Waals surface area contributed by atoms with Gasteiger partial charge < -0.3 is 0 Å². The van der Waals surface area contributed by atoms with E-state index in [-0.39, 0.29) is 0 Å². The van der Waals surface area contributed by atoms with E-state index in [1.165, 1.54) is 0 Å². The van der Waals surface area contributed by atoms with Gasteiger partial charge in [0.15, 0.2) is 0 Å². The van der Waals surface area contributed by atoms with Gasteiger partial charge in [0.1, 0.15) is 0 Å². The largest absolute Gasteiger partial charge is 0.154 e. The van der Waals surface area contributed by atoms with Crippen molar-refractivity contribution in [1.29, 1.82) is 0 Å². The fourth-order valence-corrected chi connectivity index (χ4v) is 3.92. The Morgan fingerprint density at radius 1 is 0.833 bits per heavy atom. The van der Waals surface area contributed by atoms with Crippen LogP contribution >= 0.6 is 54.5 Å². The summed E-state index contributed by atoms with van der Waals surface area (Å²) in [5.74, 6) is 0. The zero-order valence-electron chi connectivity index (χ0n) is 9.78. The molecule has 18 heavy (non-hydrogen) atoms. The van der Waals surface area contributed by atoms with E-state index >= 15 is 0 Å². The topological polar surface area (TPSA) is 24.7 Å². The Morgan fingerprint density at radius 3 is 1.50 bits per heavy atom. The summed E-state index contributed by atoms with van der Waals surface area (Å²) < 4.78 is 2.21. The van der Waals surface area contributed by atoms with Crippen molar-refractivity contribution in [3.63, 3.8) is 0 Å². The van der Waals surface area contributed by atoms with E-state index in [0.717, 1.165) is 28.8 Å². The predicted octanol–water partition coefficient (Wildman–Crippen LogP) is 5.57. The van der Waals surface area contributed by atoms with Crippen molar-refractivity contribution in [1.82, 2.24) is 0 Å². The van der Waals surface area contributed by atoms with Crippen LogP contribution in [0.3, 0.4) is 0 Å². The molecule has 0 aromatic carbocycles. The highest BCUT2D eigenvalue weighted by Gasteiger charge is 2.03. The molecule has 0 spiro atoms. The third-order valence-electron chi connectivity index (χ3n) is 2.21. The van der Waals surface area contributed by atoms with Crippen LogP contribution in [0.15, 0.2) is 42.0 Å². The van der Waals surface area contributed by atoms with E-state index in [9.17, 15) is 0 Å². The zero-order chi connectivity index (χ0) is 13.1. The van der Waals surface area contributed by atoms with Crippen molar-refractivity contribution in [2.24, 2.45) is 10.2 Å². The summed E-state index contributed by atoms with van der Waals surface area (Å²) >= 11 is 10.2. The first-order valence-electron chi connectivity index (χ1n) is 5.16. The van der Waals surface area contributed by atoms with E-state index in [4.69, 9.17) is 0 Å². The van der Waals surface area contributed by atoms with Crippen LogP contribution in [0.1, 0.15) is 23.6 Å². The summed E-state index contributed by atoms with van der Waals surface area (Å²) in [5.41, 5.74) is 1.86. The fraction of sp³-hybridized carbons (Fsp3) is 0.167. The highest BCUT2D eigenvalue weighted by atomic mass is 79.9.